The summed E-state index contributed by atoms with van der Waals surface area (Å²) in [6, 6.07) is 1.23. The largest absolute Gasteiger partial charge is 0.293 e. The zero-order valence-corrected chi connectivity index (χ0v) is 11.6. The molecule has 92 valence electrons. The van der Waals surface area contributed by atoms with Crippen molar-refractivity contribution in [2.75, 3.05) is 6.54 Å². The first-order valence-corrected chi connectivity index (χ1v) is 6.49. The highest BCUT2D eigenvalue weighted by molar-refractivity contribution is 5.61. The van der Waals surface area contributed by atoms with E-state index in [9.17, 15) is 0 Å². The minimum atomic E-state index is 0.262. The molecular weight excluding hydrogens is 196 g/mol. The van der Waals surface area contributed by atoms with Gasteiger partial charge in [0.25, 0.3) is 0 Å². The van der Waals surface area contributed by atoms with E-state index in [1.807, 2.05) is 0 Å². The fraction of sp³-hybridized carbons (Fsp3) is 0.929. The summed E-state index contributed by atoms with van der Waals surface area (Å²) in [5.74, 6) is 0.749. The molecule has 0 spiro atoms. The van der Waals surface area contributed by atoms with Gasteiger partial charge in [-0.1, -0.05) is 20.8 Å². The smallest absolute Gasteiger partial charge is 0.0669 e. The van der Waals surface area contributed by atoms with Crippen LogP contribution in [-0.4, -0.2) is 35.3 Å². The number of aliphatic imine (C=N–C) groups is 1. The monoisotopic (exact) mass is 222 g/mol. The molecule has 2 heteroatoms. The van der Waals surface area contributed by atoms with Gasteiger partial charge in [0.1, 0.15) is 0 Å². The fourth-order valence-corrected chi connectivity index (χ4v) is 3.45. The first-order chi connectivity index (χ1) is 7.21. The zero-order valence-electron chi connectivity index (χ0n) is 11.6. The van der Waals surface area contributed by atoms with E-state index < -0.39 is 0 Å². The molecule has 2 rings (SSSR count). The minimum Gasteiger partial charge on any atom is -0.293 e. The second-order valence-electron chi connectivity index (χ2n) is 7.43. The molecule has 0 radical (unpaired) electrons. The number of hydrogen-bond acceptors (Lipinski definition) is 2. The van der Waals surface area contributed by atoms with Gasteiger partial charge in [-0.05, 0) is 38.8 Å². The maximum absolute atomic E-state index is 4.66. The van der Waals surface area contributed by atoms with Crippen LogP contribution in [0.25, 0.3) is 0 Å². The van der Waals surface area contributed by atoms with Crippen molar-refractivity contribution >= 4 is 6.21 Å². The molecule has 1 saturated heterocycles. The van der Waals surface area contributed by atoms with Crippen LogP contribution in [-0.2, 0) is 0 Å². The standard InChI is InChI=1S/C14H26N2/c1-13(2,3)12-10-7-8-15-11(10)9-16(12)14(4,5)6/h8,10-12H,7,9H2,1-6H3. The third-order valence-electron chi connectivity index (χ3n) is 4.04. The molecule has 1 fully saturated rings. The third kappa shape index (κ3) is 1.92. The van der Waals surface area contributed by atoms with Gasteiger partial charge in [-0.25, -0.2) is 0 Å². The number of likely N-dealkylation sites (tertiary alicyclic amines) is 1. The molecule has 0 N–H and O–H groups in total. The summed E-state index contributed by atoms with van der Waals surface area (Å²) in [7, 11) is 0. The molecule has 0 saturated carbocycles. The Kier molecular flexibility index (Phi) is 2.69. The predicted molar refractivity (Wildman–Crippen MR) is 70.1 cm³/mol. The normalized spacial score (nSPS) is 35.8. The van der Waals surface area contributed by atoms with Crippen molar-refractivity contribution in [1.29, 1.82) is 0 Å². The first kappa shape index (κ1) is 12.1. The SMILES string of the molecule is CC(C)(C)C1C2CC=NC2CN1C(C)(C)C. The van der Waals surface area contributed by atoms with Crippen LogP contribution in [0.4, 0.5) is 0 Å². The van der Waals surface area contributed by atoms with Crippen molar-refractivity contribution in [2.45, 2.75) is 65.6 Å². The van der Waals surface area contributed by atoms with Crippen LogP contribution < -0.4 is 0 Å². The van der Waals surface area contributed by atoms with E-state index in [4.69, 9.17) is 0 Å². The number of fused-ring (bicyclic) bond motifs is 1. The van der Waals surface area contributed by atoms with Gasteiger partial charge in [-0.3, -0.25) is 9.89 Å². The molecule has 0 aliphatic carbocycles. The predicted octanol–water partition coefficient (Wildman–Crippen LogP) is 2.97. The van der Waals surface area contributed by atoms with Gasteiger partial charge in [0.05, 0.1) is 6.04 Å². The molecule has 0 bridgehead atoms. The highest BCUT2D eigenvalue weighted by Crippen LogP contribution is 2.44. The fourth-order valence-electron chi connectivity index (χ4n) is 3.45. The molecule has 0 aromatic carbocycles. The summed E-state index contributed by atoms with van der Waals surface area (Å²) >= 11 is 0. The Hall–Kier alpha value is -0.370. The Labute approximate surface area is 100 Å². The molecule has 2 aliphatic rings. The van der Waals surface area contributed by atoms with Crippen LogP contribution in [0.15, 0.2) is 4.99 Å². The maximum Gasteiger partial charge on any atom is 0.0669 e. The Balaban J connectivity index is 2.29. The van der Waals surface area contributed by atoms with Crippen LogP contribution in [0.1, 0.15) is 48.0 Å². The molecule has 3 unspecified atom stereocenters. The van der Waals surface area contributed by atoms with Gasteiger partial charge in [0.2, 0.25) is 0 Å². The van der Waals surface area contributed by atoms with Crippen molar-refractivity contribution in [3.05, 3.63) is 0 Å². The first-order valence-electron chi connectivity index (χ1n) is 6.49. The van der Waals surface area contributed by atoms with Gasteiger partial charge in [0, 0.05) is 24.0 Å². The van der Waals surface area contributed by atoms with Crippen LogP contribution in [0.3, 0.4) is 0 Å². The minimum absolute atomic E-state index is 0.262. The second-order valence-corrected chi connectivity index (χ2v) is 7.43. The van der Waals surface area contributed by atoms with Crippen LogP contribution in [0, 0.1) is 11.3 Å². The molecule has 2 aliphatic heterocycles. The molecule has 2 heterocycles. The molecule has 0 amide bonds. The van der Waals surface area contributed by atoms with Crippen molar-refractivity contribution in [2.24, 2.45) is 16.3 Å². The molecule has 3 atom stereocenters. The van der Waals surface area contributed by atoms with E-state index in [2.05, 4.69) is 57.6 Å². The molecule has 0 aromatic heterocycles. The Morgan fingerprint density at radius 3 is 2.25 bits per heavy atom. The second kappa shape index (κ2) is 3.56. The van der Waals surface area contributed by atoms with Gasteiger partial charge in [-0.2, -0.15) is 0 Å². The van der Waals surface area contributed by atoms with Crippen molar-refractivity contribution < 1.29 is 0 Å². The molecular formula is C14H26N2. The lowest BCUT2D eigenvalue weighted by molar-refractivity contribution is 0.0406. The topological polar surface area (TPSA) is 15.6 Å². The van der Waals surface area contributed by atoms with E-state index in [-0.39, 0.29) is 5.54 Å². The van der Waals surface area contributed by atoms with E-state index >= 15 is 0 Å². The van der Waals surface area contributed by atoms with Gasteiger partial charge in [-0.15, -0.1) is 0 Å². The quantitative estimate of drug-likeness (QED) is 0.615. The van der Waals surface area contributed by atoms with Gasteiger partial charge in [0.15, 0.2) is 0 Å². The van der Waals surface area contributed by atoms with Crippen molar-refractivity contribution in [3.63, 3.8) is 0 Å². The Morgan fingerprint density at radius 1 is 1.12 bits per heavy atom. The summed E-state index contributed by atoms with van der Waals surface area (Å²) in [6.45, 7) is 15.3. The Bertz CT molecular complexity index is 293. The summed E-state index contributed by atoms with van der Waals surface area (Å²) in [4.78, 5) is 7.34. The summed E-state index contributed by atoms with van der Waals surface area (Å²) in [5, 5.41) is 0. The van der Waals surface area contributed by atoms with Crippen molar-refractivity contribution in [3.8, 4) is 0 Å². The van der Waals surface area contributed by atoms with Crippen LogP contribution in [0.5, 0.6) is 0 Å². The average Bonchev–Trinajstić information content (AvgIpc) is 2.53. The van der Waals surface area contributed by atoms with Crippen LogP contribution in [0.2, 0.25) is 0 Å². The van der Waals surface area contributed by atoms with Gasteiger partial charge < -0.3 is 0 Å². The number of nitrogens with zero attached hydrogens (tertiary/aromatic N) is 2. The zero-order chi connectivity index (χ0) is 12.1. The van der Waals surface area contributed by atoms with Crippen molar-refractivity contribution in [1.82, 2.24) is 4.90 Å². The summed E-state index contributed by atoms with van der Waals surface area (Å²) in [6.07, 6.45) is 3.33. The number of rotatable bonds is 0. The lowest BCUT2D eigenvalue weighted by atomic mass is 9.77. The maximum atomic E-state index is 4.66. The number of hydrogen-bond donors (Lipinski definition) is 0. The van der Waals surface area contributed by atoms with E-state index in [1.165, 1.54) is 6.42 Å². The lowest BCUT2D eigenvalue weighted by Crippen LogP contribution is -2.51. The highest BCUT2D eigenvalue weighted by atomic mass is 15.3. The summed E-state index contributed by atoms with van der Waals surface area (Å²) in [5.41, 5.74) is 0.609. The average molecular weight is 222 g/mol. The van der Waals surface area contributed by atoms with Crippen LogP contribution >= 0.6 is 0 Å². The molecule has 2 nitrogen and oxygen atoms in total. The molecule has 0 aromatic rings. The highest BCUT2D eigenvalue weighted by Gasteiger charge is 2.50. The summed E-state index contributed by atoms with van der Waals surface area (Å²) < 4.78 is 0. The Morgan fingerprint density at radius 2 is 1.75 bits per heavy atom. The van der Waals surface area contributed by atoms with E-state index in [1.54, 1.807) is 0 Å². The molecule has 16 heavy (non-hydrogen) atoms. The van der Waals surface area contributed by atoms with Gasteiger partial charge >= 0.3 is 0 Å². The third-order valence-corrected chi connectivity index (χ3v) is 4.04. The van der Waals surface area contributed by atoms with E-state index in [0.29, 0.717) is 17.5 Å². The van der Waals surface area contributed by atoms with E-state index in [0.717, 1.165) is 12.5 Å². The lowest BCUT2D eigenvalue weighted by Gasteiger charge is -2.44.